The van der Waals surface area contributed by atoms with Gasteiger partial charge in [-0.05, 0) is 12.1 Å². The first kappa shape index (κ1) is 19.4. The molecule has 1 aromatic carbocycles. The normalized spacial score (nSPS) is 27.2. The van der Waals surface area contributed by atoms with Gasteiger partial charge in [0.25, 0.3) is 13.7 Å². The highest BCUT2D eigenvalue weighted by molar-refractivity contribution is 7.49. The zero-order valence-electron chi connectivity index (χ0n) is 13.8. The Morgan fingerprint density at radius 3 is 2.70 bits per heavy atom. The fourth-order valence-electron chi connectivity index (χ4n) is 2.48. The monoisotopic (exact) mass is 398 g/mol. The number of benzene rings is 1. The molecule has 1 fully saturated rings. The fourth-order valence-corrected chi connectivity index (χ4v) is 3.35. The highest BCUT2D eigenvalue weighted by Gasteiger charge is 2.44. The average Bonchev–Trinajstić information content (AvgIpc) is 3.21. The van der Waals surface area contributed by atoms with Gasteiger partial charge in [-0.25, -0.2) is 14.8 Å². The molecule has 1 unspecified atom stereocenters. The van der Waals surface area contributed by atoms with Crippen molar-refractivity contribution in [3.63, 3.8) is 0 Å². The molecule has 0 bridgehead atoms. The maximum atomic E-state index is 12.0. The van der Waals surface area contributed by atoms with E-state index in [4.69, 9.17) is 15.0 Å². The van der Waals surface area contributed by atoms with Crippen molar-refractivity contribution in [2.75, 3.05) is 6.54 Å². The lowest BCUT2D eigenvalue weighted by Crippen LogP contribution is -2.38. The zero-order chi connectivity index (χ0) is 19.6. The van der Waals surface area contributed by atoms with Crippen LogP contribution in [0.25, 0.3) is 0 Å². The molecule has 2 aromatic rings. The van der Waals surface area contributed by atoms with Crippen LogP contribution in [0.2, 0.25) is 0 Å². The van der Waals surface area contributed by atoms with E-state index in [0.717, 1.165) is 11.0 Å². The summed E-state index contributed by atoms with van der Waals surface area (Å²) in [4.78, 5) is 26.7. The quantitative estimate of drug-likeness (QED) is 0.385. The van der Waals surface area contributed by atoms with Gasteiger partial charge in [0.2, 0.25) is 5.82 Å². The van der Waals surface area contributed by atoms with Gasteiger partial charge in [-0.3, -0.25) is 9.36 Å². The molecule has 27 heavy (non-hydrogen) atoms. The van der Waals surface area contributed by atoms with Crippen molar-refractivity contribution in [2.24, 2.45) is 5.73 Å². The summed E-state index contributed by atoms with van der Waals surface area (Å²) in [6.07, 6.45) is -4.00. The maximum absolute atomic E-state index is 12.0. The van der Waals surface area contributed by atoms with Crippen LogP contribution >= 0.6 is 7.75 Å². The molecule has 0 saturated carbocycles. The van der Waals surface area contributed by atoms with E-state index in [9.17, 15) is 24.5 Å². The number of aliphatic hydroxyl groups is 2. The SMILES string of the molecule is NC(=O)c1ncn([C@@H]2O[C@H](CNP(=O)([O-])Oc3ccccc3)[C@@H](O)[C@H]2O)n1. The van der Waals surface area contributed by atoms with E-state index in [2.05, 4.69) is 15.2 Å². The van der Waals surface area contributed by atoms with Gasteiger partial charge in [0, 0.05) is 6.54 Å². The van der Waals surface area contributed by atoms with Crippen molar-refractivity contribution in [3.8, 4) is 5.75 Å². The summed E-state index contributed by atoms with van der Waals surface area (Å²) in [6, 6.07) is 7.85. The molecule has 1 amide bonds. The van der Waals surface area contributed by atoms with E-state index in [1.165, 1.54) is 12.1 Å². The summed E-state index contributed by atoms with van der Waals surface area (Å²) < 4.78 is 23.3. The van der Waals surface area contributed by atoms with Gasteiger partial charge in [0.1, 0.15) is 30.4 Å². The molecule has 1 aliphatic rings. The predicted octanol–water partition coefficient (Wildman–Crippen LogP) is -1.87. The van der Waals surface area contributed by atoms with Crippen LogP contribution in [0.3, 0.4) is 0 Å². The molecule has 3 rings (SSSR count). The number of carbonyl (C=O) groups excluding carboxylic acids is 1. The maximum Gasteiger partial charge on any atom is 0.288 e. The van der Waals surface area contributed by atoms with Crippen molar-refractivity contribution in [3.05, 3.63) is 42.5 Å². The first-order valence-corrected chi connectivity index (χ1v) is 9.34. The van der Waals surface area contributed by atoms with Crippen LogP contribution in [0.5, 0.6) is 5.75 Å². The molecule has 5 N–H and O–H groups in total. The third-order valence-corrected chi connectivity index (χ3v) is 4.80. The first-order chi connectivity index (χ1) is 12.8. The van der Waals surface area contributed by atoms with Crippen molar-refractivity contribution in [1.82, 2.24) is 19.9 Å². The standard InChI is InChI=1S/C14H18N5O7P/c15-12(22)13-16-7-19(18-13)14-11(21)10(20)9(25-14)6-17-27(23,24)26-8-4-2-1-3-5-8/h1-5,7,9-11,14,20-21H,6H2,(H2,15,22)(H2,17,23,24)/p-1/t9-,10-,11-,14-/m1/s1. The van der Waals surface area contributed by atoms with E-state index >= 15 is 0 Å². The van der Waals surface area contributed by atoms with Crippen LogP contribution in [0.1, 0.15) is 16.8 Å². The molecular weight excluding hydrogens is 381 g/mol. The van der Waals surface area contributed by atoms with Crippen LogP contribution in [0, 0.1) is 0 Å². The highest BCUT2D eigenvalue weighted by atomic mass is 31.2. The second kappa shape index (κ2) is 7.72. The number of aliphatic hydroxyl groups excluding tert-OH is 2. The number of para-hydroxylation sites is 1. The molecule has 12 nitrogen and oxygen atoms in total. The summed E-state index contributed by atoms with van der Waals surface area (Å²) in [5.41, 5.74) is 5.05. The minimum absolute atomic E-state index is 0.121. The largest absolute Gasteiger partial charge is 0.756 e. The lowest BCUT2D eigenvalue weighted by atomic mass is 10.1. The average molecular weight is 398 g/mol. The third-order valence-electron chi connectivity index (χ3n) is 3.78. The van der Waals surface area contributed by atoms with Crippen LogP contribution in [-0.4, -0.2) is 55.7 Å². The van der Waals surface area contributed by atoms with E-state index in [-0.39, 0.29) is 18.1 Å². The van der Waals surface area contributed by atoms with Gasteiger partial charge in [-0.1, -0.05) is 18.2 Å². The summed E-state index contributed by atoms with van der Waals surface area (Å²) >= 11 is 0. The lowest BCUT2D eigenvalue weighted by Gasteiger charge is -2.26. The number of amides is 1. The predicted molar refractivity (Wildman–Crippen MR) is 87.1 cm³/mol. The van der Waals surface area contributed by atoms with E-state index in [0.29, 0.717) is 0 Å². The molecular formula is C14H17N5O7P-. The van der Waals surface area contributed by atoms with Crippen LogP contribution in [-0.2, 0) is 9.30 Å². The van der Waals surface area contributed by atoms with Gasteiger partial charge in [0.05, 0.1) is 0 Å². The van der Waals surface area contributed by atoms with E-state index in [1.54, 1.807) is 18.2 Å². The second-order valence-electron chi connectivity index (χ2n) is 5.72. The number of nitrogens with one attached hydrogen (secondary N) is 1. The Labute approximate surface area is 153 Å². The number of rotatable bonds is 7. The molecule has 1 aliphatic heterocycles. The molecule has 1 aromatic heterocycles. The van der Waals surface area contributed by atoms with Crippen molar-refractivity contribution in [2.45, 2.75) is 24.5 Å². The molecule has 0 radical (unpaired) electrons. The summed E-state index contributed by atoms with van der Waals surface area (Å²) in [7, 11) is -4.48. The molecule has 146 valence electrons. The highest BCUT2D eigenvalue weighted by Crippen LogP contribution is 2.35. The summed E-state index contributed by atoms with van der Waals surface area (Å²) in [5.74, 6) is -1.04. The number of ether oxygens (including phenoxy) is 1. The Balaban J connectivity index is 1.62. The molecule has 0 aliphatic carbocycles. The third kappa shape index (κ3) is 4.50. The molecule has 13 heteroatoms. The number of carbonyl (C=O) groups is 1. The second-order valence-corrected chi connectivity index (χ2v) is 7.22. The topological polar surface area (TPSA) is 185 Å². The summed E-state index contributed by atoms with van der Waals surface area (Å²) in [5, 5.41) is 26.1. The molecule has 1 saturated heterocycles. The summed E-state index contributed by atoms with van der Waals surface area (Å²) in [6.45, 7) is -0.361. The van der Waals surface area contributed by atoms with Gasteiger partial charge in [-0.2, -0.15) is 0 Å². The Morgan fingerprint density at radius 1 is 1.37 bits per heavy atom. The van der Waals surface area contributed by atoms with Gasteiger partial charge >= 0.3 is 0 Å². The van der Waals surface area contributed by atoms with E-state index in [1.807, 2.05) is 0 Å². The minimum Gasteiger partial charge on any atom is -0.756 e. The van der Waals surface area contributed by atoms with Gasteiger partial charge < -0.3 is 30.1 Å². The number of hydrogen-bond acceptors (Lipinski definition) is 9. The van der Waals surface area contributed by atoms with Crippen LogP contribution in [0.4, 0.5) is 0 Å². The number of aromatic nitrogens is 3. The Hall–Kier alpha value is -2.34. The number of hydrogen-bond donors (Lipinski definition) is 4. The van der Waals surface area contributed by atoms with Crippen LogP contribution < -0.4 is 20.2 Å². The van der Waals surface area contributed by atoms with Crippen molar-refractivity contribution >= 4 is 13.7 Å². The number of nitrogens with two attached hydrogens (primary N) is 1. The zero-order valence-corrected chi connectivity index (χ0v) is 14.7. The molecule has 5 atom stereocenters. The fraction of sp³-hybridized carbons (Fsp3) is 0.357. The van der Waals surface area contributed by atoms with Gasteiger partial charge in [-0.15, -0.1) is 5.10 Å². The van der Waals surface area contributed by atoms with E-state index < -0.39 is 38.2 Å². The minimum atomic E-state index is -4.48. The van der Waals surface area contributed by atoms with Crippen LogP contribution in [0.15, 0.2) is 36.7 Å². The van der Waals surface area contributed by atoms with Crippen molar-refractivity contribution < 1.29 is 33.7 Å². The smallest absolute Gasteiger partial charge is 0.288 e. The molecule has 2 heterocycles. The first-order valence-electron chi connectivity index (χ1n) is 7.80. The van der Waals surface area contributed by atoms with Gasteiger partial charge in [0.15, 0.2) is 6.23 Å². The Bertz CT molecular complexity index is 847. The lowest BCUT2D eigenvalue weighted by molar-refractivity contribution is -0.195. The number of nitrogens with zero attached hydrogens (tertiary/aromatic N) is 3. The number of primary amides is 1. The Kier molecular flexibility index (Phi) is 5.56. The Morgan fingerprint density at radius 2 is 2.07 bits per heavy atom. The molecule has 0 spiro atoms. The van der Waals surface area contributed by atoms with Crippen molar-refractivity contribution in [1.29, 1.82) is 0 Å².